The van der Waals surface area contributed by atoms with Gasteiger partial charge in [0.25, 0.3) is 0 Å². The standard InChI is InChI=1S/C27H38N4O2/c1-3-27(33)12-9-18-17(14-27)4-5-20-19(18)8-11-26(2)21(20)6-7-22(26)25(32)16-31-24-10-13-28-15-23(24)29-30-31/h10,13,15,17-22,33H,3-9,11-12,14,16H2,1-2H3/t17-,18?,19+,20?,21-,22+,26-,27+/m0/s1. The van der Waals surface area contributed by atoms with Crippen LogP contribution in [0.4, 0.5) is 0 Å². The molecule has 0 amide bonds. The summed E-state index contributed by atoms with van der Waals surface area (Å²) in [5, 5.41) is 19.4. The second kappa shape index (κ2) is 7.86. The first kappa shape index (κ1) is 21.7. The van der Waals surface area contributed by atoms with E-state index in [-0.39, 0.29) is 11.3 Å². The molecular formula is C27H38N4O2. The third kappa shape index (κ3) is 3.38. The largest absolute Gasteiger partial charge is 0.390 e. The second-order valence-corrected chi connectivity index (χ2v) is 12.0. The molecule has 6 rings (SSSR count). The Morgan fingerprint density at radius 2 is 1.97 bits per heavy atom. The Morgan fingerprint density at radius 1 is 1.12 bits per heavy atom. The molecule has 6 nitrogen and oxygen atoms in total. The van der Waals surface area contributed by atoms with Gasteiger partial charge in [0.15, 0.2) is 5.78 Å². The maximum absolute atomic E-state index is 13.6. The van der Waals surface area contributed by atoms with Crippen molar-refractivity contribution in [3.05, 3.63) is 18.5 Å². The fraction of sp³-hybridized carbons (Fsp3) is 0.778. The summed E-state index contributed by atoms with van der Waals surface area (Å²) in [4.78, 5) is 17.7. The number of rotatable bonds is 4. The lowest BCUT2D eigenvalue weighted by Crippen LogP contribution is -2.51. The molecule has 2 unspecified atom stereocenters. The van der Waals surface area contributed by atoms with E-state index in [1.807, 2.05) is 6.07 Å². The smallest absolute Gasteiger partial charge is 0.157 e. The van der Waals surface area contributed by atoms with E-state index in [1.54, 1.807) is 17.1 Å². The highest BCUT2D eigenvalue weighted by Gasteiger charge is 2.58. The minimum absolute atomic E-state index is 0.127. The molecule has 178 valence electrons. The Hall–Kier alpha value is -1.82. The first-order valence-electron chi connectivity index (χ1n) is 13.3. The molecule has 0 saturated heterocycles. The van der Waals surface area contributed by atoms with Gasteiger partial charge in [0.1, 0.15) is 12.1 Å². The van der Waals surface area contributed by atoms with Crippen molar-refractivity contribution in [2.75, 3.05) is 0 Å². The molecule has 8 atom stereocenters. The Balaban J connectivity index is 1.19. The molecule has 4 aliphatic rings. The topological polar surface area (TPSA) is 80.9 Å². The SMILES string of the molecule is CC[C@@]1(O)CCC2[C@@H](CCC3[C@@H]2CC[C@]2(C)[C@@H](C(=O)Cn4nnc5cnccc54)CC[C@@H]32)C1. The zero-order chi connectivity index (χ0) is 22.8. The van der Waals surface area contributed by atoms with E-state index < -0.39 is 5.60 Å². The molecule has 4 aliphatic carbocycles. The van der Waals surface area contributed by atoms with Crippen LogP contribution in [0.3, 0.4) is 0 Å². The first-order valence-corrected chi connectivity index (χ1v) is 13.3. The monoisotopic (exact) mass is 450 g/mol. The summed E-state index contributed by atoms with van der Waals surface area (Å²) in [6.07, 6.45) is 14.8. The van der Waals surface area contributed by atoms with Crippen molar-refractivity contribution < 1.29 is 9.90 Å². The van der Waals surface area contributed by atoms with Gasteiger partial charge in [-0.1, -0.05) is 19.1 Å². The third-order valence-corrected chi connectivity index (χ3v) is 10.8. The minimum Gasteiger partial charge on any atom is -0.390 e. The maximum Gasteiger partial charge on any atom is 0.157 e. The lowest BCUT2D eigenvalue weighted by molar-refractivity contribution is -0.133. The van der Waals surface area contributed by atoms with Crippen molar-refractivity contribution in [2.24, 2.45) is 40.9 Å². The molecule has 6 heteroatoms. The zero-order valence-corrected chi connectivity index (χ0v) is 20.1. The lowest BCUT2D eigenvalue weighted by atomic mass is 9.48. The maximum atomic E-state index is 13.6. The van der Waals surface area contributed by atoms with E-state index >= 15 is 0 Å². The van der Waals surface area contributed by atoms with Crippen LogP contribution in [-0.4, -0.2) is 36.5 Å². The van der Waals surface area contributed by atoms with Crippen LogP contribution in [0.5, 0.6) is 0 Å². The molecule has 0 spiro atoms. The molecule has 1 N–H and O–H groups in total. The second-order valence-electron chi connectivity index (χ2n) is 12.0. The first-order chi connectivity index (χ1) is 15.9. The van der Waals surface area contributed by atoms with Gasteiger partial charge in [0.05, 0.1) is 17.3 Å². The normalized spacial score (nSPS) is 42.5. The van der Waals surface area contributed by atoms with Crippen LogP contribution < -0.4 is 0 Å². The highest BCUT2D eigenvalue weighted by molar-refractivity contribution is 5.84. The molecule has 2 heterocycles. The molecule has 0 aliphatic heterocycles. The number of aliphatic hydroxyl groups is 1. The van der Waals surface area contributed by atoms with Crippen molar-refractivity contribution in [1.29, 1.82) is 0 Å². The molecule has 0 radical (unpaired) electrons. The van der Waals surface area contributed by atoms with Crippen molar-refractivity contribution in [1.82, 2.24) is 20.0 Å². The predicted octanol–water partition coefficient (Wildman–Crippen LogP) is 4.81. The average Bonchev–Trinajstić information content (AvgIpc) is 3.39. The number of pyridine rings is 1. The van der Waals surface area contributed by atoms with Crippen molar-refractivity contribution in [3.8, 4) is 0 Å². The van der Waals surface area contributed by atoms with Crippen LogP contribution in [0.15, 0.2) is 18.5 Å². The predicted molar refractivity (Wildman–Crippen MR) is 126 cm³/mol. The highest BCUT2D eigenvalue weighted by Crippen LogP contribution is 2.64. The number of hydrogen-bond acceptors (Lipinski definition) is 5. The Kier molecular flexibility index (Phi) is 5.17. The average molecular weight is 451 g/mol. The van der Waals surface area contributed by atoms with Crippen LogP contribution in [0, 0.1) is 40.9 Å². The Labute approximate surface area is 196 Å². The van der Waals surface area contributed by atoms with Gasteiger partial charge in [-0.05, 0) is 105 Å². The Morgan fingerprint density at radius 3 is 2.82 bits per heavy atom. The van der Waals surface area contributed by atoms with Gasteiger partial charge in [0, 0.05) is 12.1 Å². The molecule has 4 fully saturated rings. The summed E-state index contributed by atoms with van der Waals surface area (Å²) in [5.74, 6) is 4.24. The van der Waals surface area contributed by atoms with E-state index in [0.29, 0.717) is 24.2 Å². The number of carbonyl (C=O) groups excluding carboxylic acids is 1. The lowest BCUT2D eigenvalue weighted by Gasteiger charge is -2.57. The van der Waals surface area contributed by atoms with Crippen LogP contribution in [0.2, 0.25) is 0 Å². The van der Waals surface area contributed by atoms with Gasteiger partial charge < -0.3 is 5.11 Å². The minimum atomic E-state index is -0.413. The number of hydrogen-bond donors (Lipinski definition) is 1. The summed E-state index contributed by atoms with van der Waals surface area (Å²) < 4.78 is 1.77. The van der Waals surface area contributed by atoms with Gasteiger partial charge in [-0.2, -0.15) is 0 Å². The summed E-state index contributed by atoms with van der Waals surface area (Å²) in [6, 6.07) is 1.90. The van der Waals surface area contributed by atoms with Crippen LogP contribution in [-0.2, 0) is 11.3 Å². The highest BCUT2D eigenvalue weighted by atomic mass is 16.3. The van der Waals surface area contributed by atoms with E-state index in [0.717, 1.165) is 54.5 Å². The van der Waals surface area contributed by atoms with Gasteiger partial charge >= 0.3 is 0 Å². The van der Waals surface area contributed by atoms with Gasteiger partial charge in [-0.3, -0.25) is 9.78 Å². The summed E-state index contributed by atoms with van der Waals surface area (Å²) in [6.45, 7) is 4.89. The molecule has 0 bridgehead atoms. The van der Waals surface area contributed by atoms with Crippen molar-refractivity contribution in [2.45, 2.75) is 90.2 Å². The van der Waals surface area contributed by atoms with Crippen molar-refractivity contribution >= 4 is 16.8 Å². The van der Waals surface area contributed by atoms with Crippen LogP contribution in [0.25, 0.3) is 11.0 Å². The molecular weight excluding hydrogens is 412 g/mol. The summed E-state index contributed by atoms with van der Waals surface area (Å²) in [5.41, 5.74) is 1.36. The number of ketones is 1. The number of nitrogens with zero attached hydrogens (tertiary/aromatic N) is 4. The molecule has 4 saturated carbocycles. The fourth-order valence-corrected chi connectivity index (χ4v) is 9.01. The number of aromatic nitrogens is 4. The van der Waals surface area contributed by atoms with Gasteiger partial charge in [-0.15, -0.1) is 5.10 Å². The summed E-state index contributed by atoms with van der Waals surface area (Å²) >= 11 is 0. The molecule has 2 aromatic rings. The van der Waals surface area contributed by atoms with Crippen molar-refractivity contribution in [3.63, 3.8) is 0 Å². The van der Waals surface area contributed by atoms with Gasteiger partial charge in [-0.25, -0.2) is 4.68 Å². The number of Topliss-reactive ketones (excluding diaryl/α,β-unsaturated/α-hetero) is 1. The molecule has 2 aromatic heterocycles. The molecule has 33 heavy (non-hydrogen) atoms. The van der Waals surface area contributed by atoms with Gasteiger partial charge in [0.2, 0.25) is 0 Å². The van der Waals surface area contributed by atoms with E-state index in [2.05, 4.69) is 29.1 Å². The number of carbonyl (C=O) groups is 1. The van der Waals surface area contributed by atoms with E-state index in [4.69, 9.17) is 0 Å². The number of fused-ring (bicyclic) bond motifs is 6. The van der Waals surface area contributed by atoms with Crippen LogP contribution >= 0.6 is 0 Å². The van der Waals surface area contributed by atoms with E-state index in [1.165, 1.54) is 38.5 Å². The zero-order valence-electron chi connectivity index (χ0n) is 20.1. The summed E-state index contributed by atoms with van der Waals surface area (Å²) in [7, 11) is 0. The fourth-order valence-electron chi connectivity index (χ4n) is 9.01. The van der Waals surface area contributed by atoms with Crippen LogP contribution in [0.1, 0.15) is 78.1 Å². The third-order valence-electron chi connectivity index (χ3n) is 10.8. The quantitative estimate of drug-likeness (QED) is 0.723. The Bertz CT molecular complexity index is 1050. The molecule has 0 aromatic carbocycles. The van der Waals surface area contributed by atoms with E-state index in [9.17, 15) is 9.90 Å².